The second-order valence-electron chi connectivity index (χ2n) is 4.35. The number of benzene rings is 1. The number of halogens is 1. The molecule has 0 radical (unpaired) electrons. The molecular formula is C15H13FN2O4. The van der Waals surface area contributed by atoms with Gasteiger partial charge in [-0.25, -0.2) is 19.0 Å². The van der Waals surface area contributed by atoms with Gasteiger partial charge in [-0.15, -0.1) is 0 Å². The Bertz CT molecular complexity index is 746. The minimum absolute atomic E-state index is 0.0461. The number of aromatic nitrogens is 1. The van der Waals surface area contributed by atoms with E-state index in [-0.39, 0.29) is 34.8 Å². The minimum atomic E-state index is -1.28. The molecule has 0 unspecified atom stereocenters. The largest absolute Gasteiger partial charge is 0.476 e. The predicted molar refractivity (Wildman–Crippen MR) is 77.0 cm³/mol. The molecule has 114 valence electrons. The Kier molecular flexibility index (Phi) is 4.36. The van der Waals surface area contributed by atoms with Gasteiger partial charge in [0, 0.05) is 5.56 Å². The van der Waals surface area contributed by atoms with Gasteiger partial charge in [-0.3, -0.25) is 0 Å². The predicted octanol–water partition coefficient (Wildman–Crippen LogP) is 2.34. The molecule has 6 nitrogen and oxygen atoms in total. The van der Waals surface area contributed by atoms with Gasteiger partial charge < -0.3 is 15.6 Å². The zero-order valence-corrected chi connectivity index (χ0v) is 11.7. The molecule has 0 aliphatic rings. The highest BCUT2D eigenvalue weighted by Crippen LogP contribution is 2.26. The average Bonchev–Trinajstić information content (AvgIpc) is 2.47. The van der Waals surface area contributed by atoms with Crippen LogP contribution >= 0.6 is 0 Å². The summed E-state index contributed by atoms with van der Waals surface area (Å²) in [6, 6.07) is 6.58. The molecule has 1 aromatic carbocycles. The van der Waals surface area contributed by atoms with Crippen LogP contribution in [0.5, 0.6) is 0 Å². The maximum atomic E-state index is 14.0. The first-order valence-electron chi connectivity index (χ1n) is 6.41. The molecule has 2 aromatic rings. The van der Waals surface area contributed by atoms with E-state index >= 15 is 0 Å². The lowest BCUT2D eigenvalue weighted by Gasteiger charge is -2.08. The van der Waals surface area contributed by atoms with E-state index in [1.807, 2.05) is 0 Å². The summed E-state index contributed by atoms with van der Waals surface area (Å²) >= 11 is 0. The number of pyridine rings is 1. The van der Waals surface area contributed by atoms with E-state index in [0.29, 0.717) is 0 Å². The molecule has 0 saturated carbocycles. The molecule has 0 aliphatic carbocycles. The molecule has 1 aromatic heterocycles. The van der Waals surface area contributed by atoms with Gasteiger partial charge in [-0.1, -0.05) is 6.07 Å². The second kappa shape index (κ2) is 6.21. The molecule has 3 N–H and O–H groups in total. The van der Waals surface area contributed by atoms with Crippen LogP contribution in [-0.4, -0.2) is 28.6 Å². The van der Waals surface area contributed by atoms with E-state index in [2.05, 4.69) is 4.98 Å². The van der Waals surface area contributed by atoms with Gasteiger partial charge in [0.15, 0.2) is 5.69 Å². The summed E-state index contributed by atoms with van der Waals surface area (Å²) < 4.78 is 18.8. The van der Waals surface area contributed by atoms with Gasteiger partial charge in [0.05, 0.1) is 12.2 Å². The molecular weight excluding hydrogens is 291 g/mol. The number of hydrogen-bond acceptors (Lipinski definition) is 5. The van der Waals surface area contributed by atoms with Crippen molar-refractivity contribution in [3.8, 4) is 11.1 Å². The van der Waals surface area contributed by atoms with Crippen molar-refractivity contribution in [1.82, 2.24) is 4.98 Å². The van der Waals surface area contributed by atoms with Crippen molar-refractivity contribution in [3.63, 3.8) is 0 Å². The summed E-state index contributed by atoms with van der Waals surface area (Å²) in [6.45, 7) is 1.74. The van der Waals surface area contributed by atoms with Gasteiger partial charge in [0.2, 0.25) is 0 Å². The van der Waals surface area contributed by atoms with Crippen LogP contribution in [0.25, 0.3) is 11.1 Å². The fourth-order valence-electron chi connectivity index (χ4n) is 1.93. The number of anilines is 1. The zero-order chi connectivity index (χ0) is 16.3. The maximum Gasteiger partial charge on any atom is 0.355 e. The van der Waals surface area contributed by atoms with Crippen LogP contribution in [0, 0.1) is 5.82 Å². The molecule has 0 saturated heterocycles. The van der Waals surface area contributed by atoms with E-state index in [1.54, 1.807) is 6.92 Å². The Labute approximate surface area is 125 Å². The number of nitrogen functional groups attached to an aromatic ring is 1. The summed E-state index contributed by atoms with van der Waals surface area (Å²) in [6.07, 6.45) is 0. The maximum absolute atomic E-state index is 14.0. The van der Waals surface area contributed by atoms with Crippen molar-refractivity contribution in [1.29, 1.82) is 0 Å². The monoisotopic (exact) mass is 304 g/mol. The highest BCUT2D eigenvalue weighted by atomic mass is 19.1. The number of hydrogen-bond donors (Lipinski definition) is 2. The van der Waals surface area contributed by atoms with Crippen LogP contribution in [0.2, 0.25) is 0 Å². The summed E-state index contributed by atoms with van der Waals surface area (Å²) in [5, 5.41) is 9.15. The molecule has 0 bridgehead atoms. The lowest BCUT2D eigenvalue weighted by molar-refractivity contribution is 0.0520. The highest BCUT2D eigenvalue weighted by Gasteiger charge is 2.18. The number of nitrogens with zero attached hydrogens (tertiary/aromatic N) is 1. The fourth-order valence-corrected chi connectivity index (χ4v) is 1.93. The number of carbonyl (C=O) groups excluding carboxylic acids is 1. The summed E-state index contributed by atoms with van der Waals surface area (Å²) in [5.41, 5.74) is 5.43. The number of carbonyl (C=O) groups is 2. The third-order valence-corrected chi connectivity index (χ3v) is 2.89. The third-order valence-electron chi connectivity index (χ3n) is 2.89. The molecule has 7 heteroatoms. The molecule has 0 atom stereocenters. The first kappa shape index (κ1) is 15.4. The number of esters is 1. The Hall–Kier alpha value is -2.96. The Balaban J connectivity index is 2.49. The third kappa shape index (κ3) is 3.03. The van der Waals surface area contributed by atoms with Crippen LogP contribution in [0.3, 0.4) is 0 Å². The lowest BCUT2D eigenvalue weighted by Crippen LogP contribution is -2.08. The Morgan fingerprint density at radius 1 is 1.32 bits per heavy atom. The van der Waals surface area contributed by atoms with Crippen molar-refractivity contribution < 1.29 is 23.8 Å². The summed E-state index contributed by atoms with van der Waals surface area (Å²) in [5.74, 6) is -2.81. The van der Waals surface area contributed by atoms with Gasteiger partial charge in [0.1, 0.15) is 11.6 Å². The smallest absolute Gasteiger partial charge is 0.355 e. The SMILES string of the molecule is CCOC(=O)c1ccc(-c2ccc(N)nc2C(=O)O)cc1F. The number of nitrogens with two attached hydrogens (primary N) is 1. The molecule has 0 fully saturated rings. The fraction of sp³-hybridized carbons (Fsp3) is 0.133. The van der Waals surface area contributed by atoms with E-state index in [9.17, 15) is 14.0 Å². The standard InChI is InChI=1S/C15H13FN2O4/c1-2-22-15(21)10-4-3-8(7-11(10)16)9-5-6-12(17)18-13(9)14(19)20/h3-7H,2H2,1H3,(H2,17,18)(H,19,20). The van der Waals surface area contributed by atoms with Gasteiger partial charge >= 0.3 is 11.9 Å². The van der Waals surface area contributed by atoms with Crippen LogP contribution in [0.1, 0.15) is 27.8 Å². The van der Waals surface area contributed by atoms with E-state index in [1.165, 1.54) is 24.3 Å². The molecule has 0 amide bonds. The van der Waals surface area contributed by atoms with Crippen molar-refractivity contribution >= 4 is 17.8 Å². The van der Waals surface area contributed by atoms with Crippen molar-refractivity contribution in [2.75, 3.05) is 12.3 Å². The van der Waals surface area contributed by atoms with Gasteiger partial charge in [-0.05, 0) is 36.8 Å². The summed E-state index contributed by atoms with van der Waals surface area (Å²) in [4.78, 5) is 26.5. The van der Waals surface area contributed by atoms with Crippen molar-refractivity contribution in [2.45, 2.75) is 6.92 Å². The van der Waals surface area contributed by atoms with Crippen LogP contribution in [0.15, 0.2) is 30.3 Å². The molecule has 0 aliphatic heterocycles. The number of rotatable bonds is 4. The van der Waals surface area contributed by atoms with Crippen LogP contribution < -0.4 is 5.73 Å². The van der Waals surface area contributed by atoms with Gasteiger partial charge in [0.25, 0.3) is 0 Å². The first-order valence-corrected chi connectivity index (χ1v) is 6.41. The number of carboxylic acids is 1. The number of aromatic carboxylic acids is 1. The van der Waals surface area contributed by atoms with Crippen LogP contribution in [-0.2, 0) is 4.74 Å². The van der Waals surface area contributed by atoms with Crippen molar-refractivity contribution in [3.05, 3.63) is 47.4 Å². The zero-order valence-electron chi connectivity index (χ0n) is 11.7. The minimum Gasteiger partial charge on any atom is -0.476 e. The second-order valence-corrected chi connectivity index (χ2v) is 4.35. The Morgan fingerprint density at radius 2 is 2.05 bits per heavy atom. The summed E-state index contributed by atoms with van der Waals surface area (Å²) in [7, 11) is 0. The molecule has 1 heterocycles. The van der Waals surface area contributed by atoms with E-state index < -0.39 is 17.8 Å². The van der Waals surface area contributed by atoms with E-state index in [4.69, 9.17) is 15.6 Å². The van der Waals surface area contributed by atoms with Crippen LogP contribution in [0.4, 0.5) is 10.2 Å². The first-order chi connectivity index (χ1) is 10.4. The topological polar surface area (TPSA) is 103 Å². The molecule has 22 heavy (non-hydrogen) atoms. The van der Waals surface area contributed by atoms with E-state index in [0.717, 1.165) is 6.07 Å². The molecule has 0 spiro atoms. The van der Waals surface area contributed by atoms with Crippen molar-refractivity contribution in [2.24, 2.45) is 0 Å². The number of ether oxygens (including phenoxy) is 1. The number of carboxylic acid groups (broad SMARTS) is 1. The highest BCUT2D eigenvalue weighted by molar-refractivity contribution is 5.95. The average molecular weight is 304 g/mol. The molecule has 2 rings (SSSR count). The Morgan fingerprint density at radius 3 is 2.64 bits per heavy atom. The van der Waals surface area contributed by atoms with Gasteiger partial charge in [-0.2, -0.15) is 0 Å². The lowest BCUT2D eigenvalue weighted by atomic mass is 10.0. The quantitative estimate of drug-likeness (QED) is 0.840. The normalized spacial score (nSPS) is 10.3.